The number of aldehydes is 1. The maximum Gasteiger partial charge on any atom is 0.150 e. The lowest BCUT2D eigenvalue weighted by Gasteiger charge is -2.03. The van der Waals surface area contributed by atoms with Crippen LogP contribution in [0.15, 0.2) is 24.3 Å². The molecule has 0 aliphatic carbocycles. The summed E-state index contributed by atoms with van der Waals surface area (Å²) in [5.74, 6) is 0.729. The lowest BCUT2D eigenvalue weighted by molar-refractivity contribution is 0.112. The van der Waals surface area contributed by atoms with Gasteiger partial charge in [0, 0.05) is 12.1 Å². The molecule has 0 fully saturated rings. The van der Waals surface area contributed by atoms with Crippen molar-refractivity contribution in [2.45, 2.75) is 0 Å². The van der Waals surface area contributed by atoms with E-state index in [9.17, 15) is 4.79 Å². The van der Waals surface area contributed by atoms with Crippen molar-refractivity contribution >= 4 is 12.4 Å². The minimum Gasteiger partial charge on any atom is -0.497 e. The largest absolute Gasteiger partial charge is 0.497 e. The molecule has 0 amide bonds. The zero-order valence-electron chi connectivity index (χ0n) is 8.07. The van der Waals surface area contributed by atoms with Gasteiger partial charge in [-0.1, -0.05) is 12.2 Å². The minimum atomic E-state index is 0.454. The first-order valence-corrected chi connectivity index (χ1v) is 4.31. The summed E-state index contributed by atoms with van der Waals surface area (Å²) in [6.07, 6.45) is 4.42. The topological polar surface area (TPSA) is 52.3 Å². The molecule has 2 N–H and O–H groups in total. The zero-order valence-corrected chi connectivity index (χ0v) is 8.07. The van der Waals surface area contributed by atoms with E-state index in [1.165, 1.54) is 0 Å². The number of benzene rings is 1. The van der Waals surface area contributed by atoms with Gasteiger partial charge in [0.1, 0.15) is 5.75 Å². The van der Waals surface area contributed by atoms with Gasteiger partial charge in [0.25, 0.3) is 0 Å². The summed E-state index contributed by atoms with van der Waals surface area (Å²) in [6.45, 7) is 0.454. The van der Waals surface area contributed by atoms with E-state index in [2.05, 4.69) is 0 Å². The first-order chi connectivity index (χ1) is 6.81. The molecule has 3 heteroatoms. The summed E-state index contributed by atoms with van der Waals surface area (Å²) in [5, 5.41) is 0. The Balaban J connectivity index is 3.08. The van der Waals surface area contributed by atoms with Gasteiger partial charge in [-0.2, -0.15) is 0 Å². The van der Waals surface area contributed by atoms with Crippen molar-refractivity contribution in [3.63, 3.8) is 0 Å². The highest BCUT2D eigenvalue weighted by Gasteiger charge is 1.99. The van der Waals surface area contributed by atoms with Crippen molar-refractivity contribution in [2.24, 2.45) is 5.73 Å². The van der Waals surface area contributed by atoms with Crippen LogP contribution in [0.3, 0.4) is 0 Å². The molecule has 0 saturated carbocycles. The highest BCUT2D eigenvalue weighted by atomic mass is 16.5. The lowest BCUT2D eigenvalue weighted by atomic mass is 10.1. The third-order valence-electron chi connectivity index (χ3n) is 1.85. The van der Waals surface area contributed by atoms with Gasteiger partial charge in [0.05, 0.1) is 7.11 Å². The molecule has 3 nitrogen and oxygen atoms in total. The fourth-order valence-electron chi connectivity index (χ4n) is 1.13. The molecule has 0 spiro atoms. The maximum atomic E-state index is 10.7. The summed E-state index contributed by atoms with van der Waals surface area (Å²) in [6, 6.07) is 5.28. The maximum absolute atomic E-state index is 10.7. The summed E-state index contributed by atoms with van der Waals surface area (Å²) < 4.78 is 5.05. The quantitative estimate of drug-likeness (QED) is 0.733. The average molecular weight is 191 g/mol. The van der Waals surface area contributed by atoms with Crippen molar-refractivity contribution in [1.29, 1.82) is 0 Å². The van der Waals surface area contributed by atoms with E-state index in [-0.39, 0.29) is 0 Å². The predicted octanol–water partition coefficient (Wildman–Crippen LogP) is 1.48. The van der Waals surface area contributed by atoms with Crippen molar-refractivity contribution in [3.8, 4) is 5.75 Å². The molecule has 0 atom stereocenters. The fraction of sp³-hybridized carbons (Fsp3) is 0.182. The monoisotopic (exact) mass is 191 g/mol. The highest BCUT2D eigenvalue weighted by molar-refractivity contribution is 5.82. The number of carbonyl (C=O) groups is 1. The van der Waals surface area contributed by atoms with Crippen LogP contribution in [0.4, 0.5) is 0 Å². The van der Waals surface area contributed by atoms with Crippen LogP contribution in [0.25, 0.3) is 6.08 Å². The van der Waals surface area contributed by atoms with Crippen LogP contribution in [0.1, 0.15) is 15.9 Å². The number of methoxy groups -OCH3 is 1. The standard InChI is InChI=1S/C11H13NO2/c1-14-11-5-4-10(8-13)9(7-11)3-2-6-12/h2-5,7-8H,6,12H2,1H3/b3-2+. The van der Waals surface area contributed by atoms with Crippen LogP contribution in [0, 0.1) is 0 Å². The molecule has 0 aliphatic rings. The summed E-state index contributed by atoms with van der Waals surface area (Å²) >= 11 is 0. The Bertz CT molecular complexity index is 345. The number of rotatable bonds is 4. The van der Waals surface area contributed by atoms with Gasteiger partial charge in [0.15, 0.2) is 6.29 Å². The second-order valence-electron chi connectivity index (χ2n) is 2.75. The first kappa shape index (κ1) is 10.5. The van der Waals surface area contributed by atoms with Gasteiger partial charge in [-0.15, -0.1) is 0 Å². The summed E-state index contributed by atoms with van der Waals surface area (Å²) in [4.78, 5) is 10.7. The summed E-state index contributed by atoms with van der Waals surface area (Å²) in [7, 11) is 1.59. The van der Waals surface area contributed by atoms with Gasteiger partial charge in [0.2, 0.25) is 0 Å². The van der Waals surface area contributed by atoms with Crippen LogP contribution in [0.5, 0.6) is 5.75 Å². The van der Waals surface area contributed by atoms with E-state index in [0.717, 1.165) is 17.6 Å². The molecule has 0 aromatic heterocycles. The van der Waals surface area contributed by atoms with E-state index in [1.807, 2.05) is 6.08 Å². The van der Waals surface area contributed by atoms with Gasteiger partial charge >= 0.3 is 0 Å². The van der Waals surface area contributed by atoms with Crippen molar-refractivity contribution in [1.82, 2.24) is 0 Å². The Labute approximate surface area is 83.2 Å². The fourth-order valence-corrected chi connectivity index (χ4v) is 1.13. The Morgan fingerprint density at radius 1 is 1.43 bits per heavy atom. The van der Waals surface area contributed by atoms with Crippen LogP contribution in [-0.2, 0) is 0 Å². The Kier molecular flexibility index (Phi) is 3.88. The van der Waals surface area contributed by atoms with Crippen molar-refractivity contribution < 1.29 is 9.53 Å². The molecule has 0 aliphatic heterocycles. The number of nitrogens with two attached hydrogens (primary N) is 1. The van der Waals surface area contributed by atoms with Gasteiger partial charge < -0.3 is 10.5 Å². The molecule has 1 rings (SSSR count). The number of carbonyl (C=O) groups excluding carboxylic acids is 1. The van der Waals surface area contributed by atoms with E-state index >= 15 is 0 Å². The molecule has 0 heterocycles. The third-order valence-corrected chi connectivity index (χ3v) is 1.85. The average Bonchev–Trinajstić information content (AvgIpc) is 2.25. The molecule has 0 saturated heterocycles. The third kappa shape index (κ3) is 2.44. The normalized spacial score (nSPS) is 10.4. The molecule has 0 radical (unpaired) electrons. The molecule has 0 unspecified atom stereocenters. The number of hydrogen-bond donors (Lipinski definition) is 1. The minimum absolute atomic E-state index is 0.454. The van der Waals surface area contributed by atoms with Crippen LogP contribution in [-0.4, -0.2) is 19.9 Å². The molecule has 1 aromatic carbocycles. The van der Waals surface area contributed by atoms with E-state index < -0.39 is 0 Å². The van der Waals surface area contributed by atoms with Crippen LogP contribution >= 0.6 is 0 Å². The Hall–Kier alpha value is -1.61. The number of hydrogen-bond acceptors (Lipinski definition) is 3. The van der Waals surface area contributed by atoms with Gasteiger partial charge in [-0.05, 0) is 23.8 Å². The molecule has 1 aromatic rings. The number of ether oxygens (including phenoxy) is 1. The molecule has 14 heavy (non-hydrogen) atoms. The van der Waals surface area contributed by atoms with Gasteiger partial charge in [-0.25, -0.2) is 0 Å². The van der Waals surface area contributed by atoms with E-state index in [0.29, 0.717) is 12.1 Å². The highest BCUT2D eigenvalue weighted by Crippen LogP contribution is 2.17. The first-order valence-electron chi connectivity index (χ1n) is 4.31. The summed E-state index contributed by atoms with van der Waals surface area (Å²) in [5.41, 5.74) is 6.79. The van der Waals surface area contributed by atoms with E-state index in [1.54, 1.807) is 31.4 Å². The van der Waals surface area contributed by atoms with Crippen LogP contribution in [0.2, 0.25) is 0 Å². The van der Waals surface area contributed by atoms with Crippen molar-refractivity contribution in [3.05, 3.63) is 35.4 Å². The SMILES string of the molecule is COc1ccc(C=O)c(/C=C/CN)c1. The Morgan fingerprint density at radius 2 is 2.21 bits per heavy atom. The zero-order chi connectivity index (χ0) is 10.4. The Morgan fingerprint density at radius 3 is 2.79 bits per heavy atom. The molecular weight excluding hydrogens is 178 g/mol. The second kappa shape index (κ2) is 5.19. The van der Waals surface area contributed by atoms with Crippen molar-refractivity contribution in [2.75, 3.05) is 13.7 Å². The predicted molar refractivity (Wildman–Crippen MR) is 56.5 cm³/mol. The lowest BCUT2D eigenvalue weighted by Crippen LogP contribution is -1.93. The van der Waals surface area contributed by atoms with Gasteiger partial charge in [-0.3, -0.25) is 4.79 Å². The molecule has 74 valence electrons. The van der Waals surface area contributed by atoms with Crippen LogP contribution < -0.4 is 10.5 Å². The smallest absolute Gasteiger partial charge is 0.150 e. The second-order valence-corrected chi connectivity index (χ2v) is 2.75. The molecule has 0 bridgehead atoms. The molecular formula is C11H13NO2. The van der Waals surface area contributed by atoms with E-state index in [4.69, 9.17) is 10.5 Å².